The number of hydrogen-bond acceptors (Lipinski definition) is 7. The molecular formula is C25H22F2N2O5. The highest BCUT2D eigenvalue weighted by atomic mass is 19.1. The van der Waals surface area contributed by atoms with Gasteiger partial charge in [0.1, 0.15) is 37.2 Å². The van der Waals surface area contributed by atoms with Gasteiger partial charge in [0.15, 0.2) is 5.54 Å². The molecule has 1 heterocycles. The van der Waals surface area contributed by atoms with Crippen molar-refractivity contribution in [1.82, 2.24) is 5.48 Å². The van der Waals surface area contributed by atoms with Crippen LogP contribution in [0, 0.1) is 5.82 Å². The van der Waals surface area contributed by atoms with Crippen LogP contribution in [0.1, 0.15) is 11.1 Å². The summed E-state index contributed by atoms with van der Waals surface area (Å²) in [6.07, 6.45) is 0. The Morgan fingerprint density at radius 3 is 2.62 bits per heavy atom. The Balaban J connectivity index is 1.79. The number of benzene rings is 3. The van der Waals surface area contributed by atoms with Crippen LogP contribution in [0.15, 0.2) is 71.7 Å². The Morgan fingerprint density at radius 2 is 1.88 bits per heavy atom. The van der Waals surface area contributed by atoms with E-state index < -0.39 is 18.0 Å². The molecule has 1 unspecified atom stereocenters. The molecular weight excluding hydrogens is 446 g/mol. The van der Waals surface area contributed by atoms with Crippen molar-refractivity contribution < 1.29 is 32.6 Å². The largest absolute Gasteiger partial charge is 0.497 e. The van der Waals surface area contributed by atoms with Crippen LogP contribution in [0.5, 0.6) is 11.5 Å². The number of ether oxygens (including phenoxy) is 3. The van der Waals surface area contributed by atoms with Gasteiger partial charge in [-0.15, -0.1) is 0 Å². The lowest BCUT2D eigenvalue weighted by Crippen LogP contribution is -2.27. The van der Waals surface area contributed by atoms with E-state index in [2.05, 4.69) is 15.3 Å². The molecule has 0 aliphatic carbocycles. The van der Waals surface area contributed by atoms with Gasteiger partial charge in [0, 0.05) is 5.56 Å². The zero-order valence-electron chi connectivity index (χ0n) is 18.3. The van der Waals surface area contributed by atoms with Crippen molar-refractivity contribution in [2.45, 2.75) is 5.54 Å². The average molecular weight is 468 g/mol. The van der Waals surface area contributed by atoms with E-state index in [1.54, 1.807) is 48.5 Å². The Hall–Kier alpha value is -4.14. The van der Waals surface area contributed by atoms with Gasteiger partial charge in [0.2, 0.25) is 0 Å². The first-order valence-electron chi connectivity index (χ1n) is 10.4. The highest BCUT2D eigenvalue weighted by Gasteiger charge is 2.41. The topological polar surface area (TPSA) is 78.4 Å². The lowest BCUT2D eigenvalue weighted by Gasteiger charge is -2.26. The van der Waals surface area contributed by atoms with Crippen molar-refractivity contribution in [3.05, 3.63) is 83.7 Å². The summed E-state index contributed by atoms with van der Waals surface area (Å²) < 4.78 is 43.3. The van der Waals surface area contributed by atoms with E-state index in [0.717, 1.165) is 5.56 Å². The third-order valence-corrected chi connectivity index (χ3v) is 5.41. The van der Waals surface area contributed by atoms with E-state index in [9.17, 15) is 13.6 Å². The number of methoxy groups -OCH3 is 1. The first-order chi connectivity index (χ1) is 16.6. The molecule has 1 aliphatic rings. The predicted molar refractivity (Wildman–Crippen MR) is 121 cm³/mol. The molecule has 7 nitrogen and oxygen atoms in total. The monoisotopic (exact) mass is 468 g/mol. The standard InChI is InChI=1S/C25H22F2N2O5/c1-31-21-9-10-23(27)22(14-21)17-3-2-4-19(13-17)25(15-33-24(28-25)29-34-16-30)18-5-7-20(8-6-18)32-12-11-26/h2-10,13-14,16H,11-12,15H2,1H3,(H,28,29). The van der Waals surface area contributed by atoms with Gasteiger partial charge in [-0.3, -0.25) is 4.79 Å². The average Bonchev–Trinajstić information content (AvgIpc) is 3.32. The summed E-state index contributed by atoms with van der Waals surface area (Å²) in [4.78, 5) is 19.8. The smallest absolute Gasteiger partial charge is 0.320 e. The number of nitrogens with zero attached hydrogens (tertiary/aromatic N) is 1. The summed E-state index contributed by atoms with van der Waals surface area (Å²) in [6, 6.07) is 18.8. The van der Waals surface area contributed by atoms with Crippen molar-refractivity contribution in [2.75, 3.05) is 27.0 Å². The van der Waals surface area contributed by atoms with Crippen molar-refractivity contribution in [3.8, 4) is 22.6 Å². The van der Waals surface area contributed by atoms with E-state index >= 15 is 0 Å². The summed E-state index contributed by atoms with van der Waals surface area (Å²) in [7, 11) is 1.52. The zero-order chi connectivity index (χ0) is 24.0. The Bertz CT molecular complexity index is 1190. The van der Waals surface area contributed by atoms with Gasteiger partial charge in [0.25, 0.3) is 0 Å². The Morgan fingerprint density at radius 1 is 1.09 bits per heavy atom. The third-order valence-electron chi connectivity index (χ3n) is 5.41. The number of aliphatic imine (C=N–C) groups is 1. The fourth-order valence-electron chi connectivity index (χ4n) is 3.78. The van der Waals surface area contributed by atoms with Crippen LogP contribution >= 0.6 is 0 Å². The molecule has 0 radical (unpaired) electrons. The lowest BCUT2D eigenvalue weighted by atomic mass is 9.83. The maximum Gasteiger partial charge on any atom is 0.320 e. The normalized spacial score (nSPS) is 16.9. The van der Waals surface area contributed by atoms with Crippen molar-refractivity contribution in [2.24, 2.45) is 4.99 Å². The molecule has 0 saturated carbocycles. The molecule has 4 rings (SSSR count). The van der Waals surface area contributed by atoms with Crippen LogP contribution in [0.25, 0.3) is 11.1 Å². The van der Waals surface area contributed by atoms with Gasteiger partial charge in [-0.1, -0.05) is 30.3 Å². The maximum absolute atomic E-state index is 14.7. The Kier molecular flexibility index (Phi) is 6.91. The van der Waals surface area contributed by atoms with Gasteiger partial charge >= 0.3 is 12.5 Å². The van der Waals surface area contributed by atoms with Crippen LogP contribution < -0.4 is 15.0 Å². The molecule has 0 spiro atoms. The van der Waals surface area contributed by atoms with Crippen molar-refractivity contribution in [1.29, 1.82) is 0 Å². The van der Waals surface area contributed by atoms with E-state index in [0.29, 0.717) is 28.2 Å². The highest BCUT2D eigenvalue weighted by molar-refractivity contribution is 5.77. The van der Waals surface area contributed by atoms with Gasteiger partial charge in [-0.2, -0.15) is 5.48 Å². The molecule has 1 atom stereocenters. The maximum atomic E-state index is 14.7. The molecule has 3 aromatic carbocycles. The van der Waals surface area contributed by atoms with Gasteiger partial charge in [0.05, 0.1) is 7.11 Å². The fraction of sp³-hybridized carbons (Fsp3) is 0.200. The highest BCUT2D eigenvalue weighted by Crippen LogP contribution is 2.40. The van der Waals surface area contributed by atoms with Gasteiger partial charge < -0.3 is 19.0 Å². The molecule has 34 heavy (non-hydrogen) atoms. The third kappa shape index (κ3) is 4.63. The van der Waals surface area contributed by atoms with E-state index in [-0.39, 0.29) is 25.7 Å². The molecule has 3 aromatic rings. The quantitative estimate of drug-likeness (QED) is 0.375. The van der Waals surface area contributed by atoms with Gasteiger partial charge in [-0.25, -0.2) is 13.8 Å². The molecule has 0 fully saturated rings. The molecule has 0 saturated heterocycles. The minimum atomic E-state index is -1.03. The van der Waals surface area contributed by atoms with Crippen LogP contribution in [0.4, 0.5) is 8.78 Å². The number of halogens is 2. The number of rotatable bonds is 9. The first kappa shape index (κ1) is 23.0. The Labute approximate surface area is 194 Å². The van der Waals surface area contributed by atoms with E-state index in [4.69, 9.17) is 14.2 Å². The second-order valence-corrected chi connectivity index (χ2v) is 7.37. The molecule has 176 valence electrons. The van der Waals surface area contributed by atoms with E-state index in [1.165, 1.54) is 13.2 Å². The molecule has 0 bridgehead atoms. The molecule has 9 heteroatoms. The van der Waals surface area contributed by atoms with Crippen molar-refractivity contribution in [3.63, 3.8) is 0 Å². The van der Waals surface area contributed by atoms with Crippen LogP contribution in [0.2, 0.25) is 0 Å². The summed E-state index contributed by atoms with van der Waals surface area (Å²) in [5, 5.41) is 0. The summed E-state index contributed by atoms with van der Waals surface area (Å²) >= 11 is 0. The number of hydroxylamine groups is 1. The number of hydrogen-bond donors (Lipinski definition) is 1. The number of nitrogens with one attached hydrogen (secondary N) is 1. The van der Waals surface area contributed by atoms with Crippen LogP contribution in [0.3, 0.4) is 0 Å². The first-order valence-corrected chi connectivity index (χ1v) is 10.4. The number of amidine groups is 1. The number of carbonyl (C=O) groups is 1. The van der Waals surface area contributed by atoms with Crippen LogP contribution in [-0.4, -0.2) is 39.5 Å². The number of alkyl halides is 1. The zero-order valence-corrected chi connectivity index (χ0v) is 18.3. The second kappa shape index (κ2) is 10.2. The van der Waals surface area contributed by atoms with E-state index in [1.807, 2.05) is 12.1 Å². The molecule has 1 N–H and O–H groups in total. The minimum absolute atomic E-state index is 0.0165. The van der Waals surface area contributed by atoms with Crippen LogP contribution in [-0.2, 0) is 19.9 Å². The number of carbonyl (C=O) groups excluding carboxylic acids is 1. The predicted octanol–water partition coefficient (Wildman–Crippen LogP) is 4.16. The van der Waals surface area contributed by atoms with Gasteiger partial charge in [-0.05, 0) is 53.1 Å². The fourth-order valence-corrected chi connectivity index (χ4v) is 3.78. The molecule has 0 amide bonds. The molecule has 1 aliphatic heterocycles. The summed E-state index contributed by atoms with van der Waals surface area (Å²) in [5.74, 6) is 0.642. The second-order valence-electron chi connectivity index (χ2n) is 7.37. The SMILES string of the molecule is COc1ccc(F)c(-c2cccc(C3(c4ccc(OCCF)cc4)COC(NOC=O)=N3)c2)c1. The minimum Gasteiger partial charge on any atom is -0.497 e. The summed E-state index contributed by atoms with van der Waals surface area (Å²) in [6.45, 7) is -0.332. The lowest BCUT2D eigenvalue weighted by molar-refractivity contribution is -0.132. The van der Waals surface area contributed by atoms with Crippen molar-refractivity contribution >= 4 is 12.5 Å². The molecule has 0 aromatic heterocycles. The summed E-state index contributed by atoms with van der Waals surface area (Å²) in [5.41, 5.74) is 3.77.